The zero-order valence-corrected chi connectivity index (χ0v) is 8.35. The molecular weight excluding hydrogens is 188 g/mol. The predicted octanol–water partition coefficient (Wildman–Crippen LogP) is 2.81. The van der Waals surface area contributed by atoms with E-state index in [0.29, 0.717) is 17.5 Å². The SMILES string of the molecule is CCc1cc(C(C)=O)cc(Cl)c1O. The van der Waals surface area contributed by atoms with Crippen molar-refractivity contribution in [3.05, 3.63) is 28.3 Å². The molecule has 3 heteroatoms. The average Bonchev–Trinajstić information content (AvgIpc) is 2.09. The number of benzene rings is 1. The molecule has 13 heavy (non-hydrogen) atoms. The minimum absolute atomic E-state index is 0.0448. The third kappa shape index (κ3) is 2.01. The highest BCUT2D eigenvalue weighted by atomic mass is 35.5. The van der Waals surface area contributed by atoms with Gasteiger partial charge in [0.25, 0.3) is 0 Å². The maximum absolute atomic E-state index is 11.0. The third-order valence-electron chi connectivity index (χ3n) is 1.93. The molecule has 1 aromatic rings. The third-order valence-corrected chi connectivity index (χ3v) is 2.22. The summed E-state index contributed by atoms with van der Waals surface area (Å²) in [4.78, 5) is 11.0. The summed E-state index contributed by atoms with van der Waals surface area (Å²) in [6.45, 7) is 3.37. The molecule has 1 aromatic carbocycles. The Labute approximate surface area is 82.2 Å². The number of ketones is 1. The van der Waals surface area contributed by atoms with E-state index in [-0.39, 0.29) is 16.6 Å². The number of phenols is 1. The van der Waals surface area contributed by atoms with Crippen LogP contribution < -0.4 is 0 Å². The number of rotatable bonds is 2. The van der Waals surface area contributed by atoms with Gasteiger partial charge >= 0.3 is 0 Å². The number of hydrogen-bond acceptors (Lipinski definition) is 2. The molecule has 0 unspecified atom stereocenters. The second-order valence-electron chi connectivity index (χ2n) is 2.88. The Morgan fingerprint density at radius 2 is 2.15 bits per heavy atom. The lowest BCUT2D eigenvalue weighted by Crippen LogP contribution is -1.94. The van der Waals surface area contributed by atoms with Crippen molar-refractivity contribution in [2.45, 2.75) is 20.3 Å². The molecule has 0 spiro atoms. The summed E-state index contributed by atoms with van der Waals surface area (Å²) in [5, 5.41) is 9.70. The molecule has 0 saturated carbocycles. The molecule has 0 aliphatic carbocycles. The standard InChI is InChI=1S/C10H11ClO2/c1-3-7-4-8(6(2)12)5-9(11)10(7)13/h4-5,13H,3H2,1-2H3. The highest BCUT2D eigenvalue weighted by molar-refractivity contribution is 6.32. The van der Waals surface area contributed by atoms with E-state index in [4.69, 9.17) is 11.6 Å². The fourth-order valence-corrected chi connectivity index (χ4v) is 1.37. The number of aryl methyl sites for hydroxylation is 1. The lowest BCUT2D eigenvalue weighted by atomic mass is 10.1. The fourth-order valence-electron chi connectivity index (χ4n) is 1.13. The molecule has 0 bridgehead atoms. The van der Waals surface area contributed by atoms with Gasteiger partial charge in [0.2, 0.25) is 0 Å². The van der Waals surface area contributed by atoms with E-state index in [2.05, 4.69) is 0 Å². The quantitative estimate of drug-likeness (QED) is 0.742. The monoisotopic (exact) mass is 198 g/mol. The molecule has 1 rings (SSSR count). The van der Waals surface area contributed by atoms with Crippen molar-refractivity contribution in [2.24, 2.45) is 0 Å². The number of halogens is 1. The summed E-state index contributed by atoms with van der Waals surface area (Å²) in [6, 6.07) is 3.15. The zero-order chi connectivity index (χ0) is 10.0. The molecule has 0 aliphatic heterocycles. The number of phenolic OH excluding ortho intramolecular Hbond substituents is 1. The molecular formula is C10H11ClO2. The van der Waals surface area contributed by atoms with Gasteiger partial charge in [-0.1, -0.05) is 18.5 Å². The Balaban J connectivity index is 3.30. The summed E-state index contributed by atoms with van der Waals surface area (Å²) in [5.41, 5.74) is 1.25. The summed E-state index contributed by atoms with van der Waals surface area (Å²) in [7, 11) is 0. The molecule has 1 N–H and O–H groups in total. The van der Waals surface area contributed by atoms with Gasteiger partial charge < -0.3 is 5.11 Å². The van der Waals surface area contributed by atoms with Crippen molar-refractivity contribution in [3.8, 4) is 5.75 Å². The Bertz CT molecular complexity index is 345. The van der Waals surface area contributed by atoms with Crippen LogP contribution in [0.15, 0.2) is 12.1 Å². The van der Waals surface area contributed by atoms with Crippen LogP contribution in [-0.4, -0.2) is 10.9 Å². The Morgan fingerprint density at radius 1 is 1.54 bits per heavy atom. The van der Waals surface area contributed by atoms with Crippen LogP contribution in [0.5, 0.6) is 5.75 Å². The fraction of sp³-hybridized carbons (Fsp3) is 0.300. The van der Waals surface area contributed by atoms with E-state index in [1.165, 1.54) is 13.0 Å². The first-order chi connectivity index (χ1) is 6.06. The number of Topliss-reactive ketones (excluding diaryl/α,β-unsaturated/α-hetero) is 1. The second-order valence-corrected chi connectivity index (χ2v) is 3.28. The molecule has 2 nitrogen and oxygen atoms in total. The maximum atomic E-state index is 11.0. The summed E-state index contributed by atoms with van der Waals surface area (Å²) < 4.78 is 0. The highest BCUT2D eigenvalue weighted by Crippen LogP contribution is 2.29. The molecule has 0 amide bonds. The van der Waals surface area contributed by atoms with Gasteiger partial charge in [0.1, 0.15) is 5.75 Å². The average molecular weight is 199 g/mol. The normalized spacial score (nSPS) is 10.1. The van der Waals surface area contributed by atoms with Gasteiger partial charge in [-0.25, -0.2) is 0 Å². The first-order valence-electron chi connectivity index (χ1n) is 4.08. The van der Waals surface area contributed by atoms with Gasteiger partial charge in [0.15, 0.2) is 5.78 Å². The van der Waals surface area contributed by atoms with Crippen LogP contribution in [0.25, 0.3) is 0 Å². The molecule has 0 radical (unpaired) electrons. The molecule has 0 aliphatic rings. The Kier molecular flexibility index (Phi) is 2.94. The van der Waals surface area contributed by atoms with Crippen molar-refractivity contribution >= 4 is 17.4 Å². The lowest BCUT2D eigenvalue weighted by molar-refractivity contribution is 0.101. The van der Waals surface area contributed by atoms with Gasteiger partial charge in [-0.3, -0.25) is 4.79 Å². The van der Waals surface area contributed by atoms with E-state index >= 15 is 0 Å². The summed E-state index contributed by atoms with van der Waals surface area (Å²) in [5.74, 6) is 0.0331. The molecule has 0 aromatic heterocycles. The number of carbonyl (C=O) groups is 1. The van der Waals surface area contributed by atoms with E-state index in [1.54, 1.807) is 6.07 Å². The molecule has 0 heterocycles. The molecule has 0 saturated heterocycles. The molecule has 0 fully saturated rings. The maximum Gasteiger partial charge on any atom is 0.159 e. The predicted molar refractivity (Wildman–Crippen MR) is 52.5 cm³/mol. The largest absolute Gasteiger partial charge is 0.506 e. The van der Waals surface area contributed by atoms with Gasteiger partial charge in [-0.2, -0.15) is 0 Å². The van der Waals surface area contributed by atoms with E-state index in [0.717, 1.165) is 0 Å². The Hall–Kier alpha value is -1.02. The van der Waals surface area contributed by atoms with Crippen LogP contribution in [0.1, 0.15) is 29.8 Å². The van der Waals surface area contributed by atoms with Crippen LogP contribution in [0.2, 0.25) is 5.02 Å². The van der Waals surface area contributed by atoms with Crippen LogP contribution >= 0.6 is 11.6 Å². The van der Waals surface area contributed by atoms with Crippen molar-refractivity contribution in [1.29, 1.82) is 0 Å². The van der Waals surface area contributed by atoms with Crippen molar-refractivity contribution < 1.29 is 9.90 Å². The van der Waals surface area contributed by atoms with Crippen LogP contribution in [0.3, 0.4) is 0 Å². The topological polar surface area (TPSA) is 37.3 Å². The van der Waals surface area contributed by atoms with E-state index < -0.39 is 0 Å². The van der Waals surface area contributed by atoms with E-state index in [9.17, 15) is 9.90 Å². The van der Waals surface area contributed by atoms with E-state index in [1.807, 2.05) is 6.92 Å². The lowest BCUT2D eigenvalue weighted by Gasteiger charge is -2.05. The minimum atomic E-state index is -0.0448. The first kappa shape index (κ1) is 10.1. The van der Waals surface area contributed by atoms with Crippen molar-refractivity contribution in [2.75, 3.05) is 0 Å². The van der Waals surface area contributed by atoms with Gasteiger partial charge in [-0.15, -0.1) is 0 Å². The van der Waals surface area contributed by atoms with Crippen LogP contribution in [0.4, 0.5) is 0 Å². The van der Waals surface area contributed by atoms with Crippen LogP contribution in [0, 0.1) is 0 Å². The van der Waals surface area contributed by atoms with Crippen molar-refractivity contribution in [1.82, 2.24) is 0 Å². The number of hydrogen-bond donors (Lipinski definition) is 1. The van der Waals surface area contributed by atoms with Crippen LogP contribution in [-0.2, 0) is 6.42 Å². The summed E-state index contributed by atoms with van der Waals surface area (Å²) in [6.07, 6.45) is 0.659. The summed E-state index contributed by atoms with van der Waals surface area (Å²) >= 11 is 5.74. The number of aromatic hydroxyl groups is 1. The van der Waals surface area contributed by atoms with Crippen molar-refractivity contribution in [3.63, 3.8) is 0 Å². The highest BCUT2D eigenvalue weighted by Gasteiger charge is 2.08. The zero-order valence-electron chi connectivity index (χ0n) is 7.60. The van der Waals surface area contributed by atoms with Gasteiger partial charge in [0, 0.05) is 5.56 Å². The smallest absolute Gasteiger partial charge is 0.159 e. The number of carbonyl (C=O) groups excluding carboxylic acids is 1. The first-order valence-corrected chi connectivity index (χ1v) is 4.46. The molecule has 0 atom stereocenters. The molecule has 70 valence electrons. The Morgan fingerprint density at radius 3 is 2.62 bits per heavy atom. The van der Waals surface area contributed by atoms with Gasteiger partial charge in [-0.05, 0) is 31.0 Å². The minimum Gasteiger partial charge on any atom is -0.506 e. The van der Waals surface area contributed by atoms with Gasteiger partial charge in [0.05, 0.1) is 5.02 Å². The second kappa shape index (κ2) is 3.79.